The van der Waals surface area contributed by atoms with Crippen molar-refractivity contribution in [3.8, 4) is 0 Å². The van der Waals surface area contributed by atoms with Crippen LogP contribution in [-0.4, -0.2) is 64.3 Å². The molecule has 1 saturated heterocycles. The van der Waals surface area contributed by atoms with Gasteiger partial charge in [-0.2, -0.15) is 0 Å². The Morgan fingerprint density at radius 2 is 2.25 bits per heavy atom. The van der Waals surface area contributed by atoms with Crippen LogP contribution in [-0.2, 0) is 14.3 Å². The second-order valence-electron chi connectivity index (χ2n) is 4.80. The van der Waals surface area contributed by atoms with Gasteiger partial charge in [-0.05, 0) is 6.42 Å². The second kappa shape index (κ2) is 6.75. The molecule has 2 rings (SSSR count). The molecule has 0 saturated carbocycles. The van der Waals surface area contributed by atoms with Gasteiger partial charge in [-0.1, -0.05) is 18.7 Å². The van der Waals surface area contributed by atoms with Crippen molar-refractivity contribution in [3.05, 3.63) is 0 Å². The monoisotopic (exact) mass is 304 g/mol. The van der Waals surface area contributed by atoms with Gasteiger partial charge in [0.1, 0.15) is 36.4 Å². The second-order valence-corrected chi connectivity index (χ2v) is 5.88. The Morgan fingerprint density at radius 1 is 1.50 bits per heavy atom. The molecular weight excluding hydrogens is 284 g/mol. The highest BCUT2D eigenvalue weighted by Gasteiger charge is 2.48. The molecule has 7 nitrogen and oxygen atoms in total. The van der Waals surface area contributed by atoms with Crippen molar-refractivity contribution in [3.63, 3.8) is 0 Å². The van der Waals surface area contributed by atoms with E-state index in [1.165, 1.54) is 18.7 Å². The van der Waals surface area contributed by atoms with Crippen molar-refractivity contribution in [2.75, 3.05) is 13.2 Å². The van der Waals surface area contributed by atoms with E-state index in [1.54, 1.807) is 0 Å². The van der Waals surface area contributed by atoms with E-state index in [1.807, 2.05) is 6.92 Å². The third-order valence-corrected chi connectivity index (χ3v) is 4.23. The number of aliphatic imine (C=N–C) groups is 1. The number of aliphatic hydroxyl groups excluding tert-OH is 2. The number of thioether (sulfide) groups is 1. The van der Waals surface area contributed by atoms with Crippen LogP contribution in [0.2, 0.25) is 0 Å². The molecule has 5 atom stereocenters. The summed E-state index contributed by atoms with van der Waals surface area (Å²) < 4.78 is 10.5. The number of hydrogen-bond acceptors (Lipinski definition) is 8. The van der Waals surface area contributed by atoms with Crippen LogP contribution in [0.3, 0.4) is 0 Å². The van der Waals surface area contributed by atoms with Crippen LogP contribution >= 0.6 is 11.8 Å². The predicted octanol–water partition coefficient (Wildman–Crippen LogP) is -0.533. The van der Waals surface area contributed by atoms with E-state index in [0.717, 1.165) is 13.0 Å². The van der Waals surface area contributed by atoms with Gasteiger partial charge in [0.15, 0.2) is 5.17 Å². The maximum absolute atomic E-state index is 10.8. The summed E-state index contributed by atoms with van der Waals surface area (Å²) in [5.41, 5.74) is -0.367. The molecule has 0 radical (unpaired) electrons. The molecular formula is C12H20N2O5S. The zero-order chi connectivity index (χ0) is 14.7. The van der Waals surface area contributed by atoms with E-state index in [0.29, 0.717) is 5.17 Å². The molecule has 20 heavy (non-hydrogen) atoms. The predicted molar refractivity (Wildman–Crippen MR) is 74.4 cm³/mol. The molecule has 0 aromatic heterocycles. The third-order valence-electron chi connectivity index (χ3n) is 3.14. The van der Waals surface area contributed by atoms with Gasteiger partial charge in [-0.25, -0.2) is 0 Å². The lowest BCUT2D eigenvalue weighted by atomic mass is 9.99. The smallest absolute Gasteiger partial charge is 0.302 e. The minimum Gasteiger partial charge on any atom is -0.463 e. The largest absolute Gasteiger partial charge is 0.463 e. The lowest BCUT2D eigenvalue weighted by Crippen LogP contribution is -2.56. The summed E-state index contributed by atoms with van der Waals surface area (Å²) in [5.74, 6) is -0.446. The molecule has 2 aliphatic heterocycles. The Morgan fingerprint density at radius 3 is 2.90 bits per heavy atom. The van der Waals surface area contributed by atoms with Crippen molar-refractivity contribution in [2.24, 2.45) is 4.99 Å². The first-order chi connectivity index (χ1) is 9.52. The number of nitrogens with zero attached hydrogens (tertiary/aromatic N) is 1. The van der Waals surface area contributed by atoms with Gasteiger partial charge in [0.25, 0.3) is 0 Å². The Labute approximate surface area is 121 Å². The topological polar surface area (TPSA) is 100 Å². The fourth-order valence-electron chi connectivity index (χ4n) is 2.08. The summed E-state index contributed by atoms with van der Waals surface area (Å²) in [6.07, 6.45) is -1.91. The first-order valence-electron chi connectivity index (χ1n) is 6.66. The van der Waals surface area contributed by atoms with Crippen molar-refractivity contribution in [2.45, 2.75) is 50.1 Å². The summed E-state index contributed by atoms with van der Waals surface area (Å²) in [4.78, 5) is 15.1. The number of nitrogens with one attached hydrogen (secondary N) is 1. The van der Waals surface area contributed by atoms with Crippen molar-refractivity contribution in [1.29, 1.82) is 0 Å². The molecule has 2 aliphatic rings. The first kappa shape index (κ1) is 15.6. The Bertz CT molecular complexity index is 392. The normalized spacial score (nSPS) is 36.2. The maximum atomic E-state index is 10.8. The number of aliphatic hydroxyl groups is 2. The fourth-order valence-corrected chi connectivity index (χ4v) is 3.23. The van der Waals surface area contributed by atoms with Crippen LogP contribution in [0.15, 0.2) is 4.99 Å². The van der Waals surface area contributed by atoms with E-state index >= 15 is 0 Å². The molecule has 2 heterocycles. The fraction of sp³-hybridized carbons (Fsp3) is 0.833. The van der Waals surface area contributed by atoms with Gasteiger partial charge < -0.3 is 25.0 Å². The number of amidine groups is 1. The minimum atomic E-state index is -1.12. The highest BCUT2D eigenvalue weighted by atomic mass is 32.2. The SMILES string of the molecule is CCCNC1=N[C@@H]2[C@@H](O)[C@H](O)[C@@H](COC(C)=O)O[C@@H]2S1. The molecule has 0 aromatic carbocycles. The zero-order valence-electron chi connectivity index (χ0n) is 11.5. The maximum Gasteiger partial charge on any atom is 0.302 e. The van der Waals surface area contributed by atoms with Gasteiger partial charge >= 0.3 is 5.97 Å². The van der Waals surface area contributed by atoms with Crippen molar-refractivity contribution < 1.29 is 24.5 Å². The number of ether oxygens (including phenoxy) is 2. The molecule has 0 unspecified atom stereocenters. The van der Waals surface area contributed by atoms with E-state index in [-0.39, 0.29) is 12.0 Å². The van der Waals surface area contributed by atoms with E-state index in [9.17, 15) is 15.0 Å². The number of hydrogen-bond donors (Lipinski definition) is 3. The highest BCUT2D eigenvalue weighted by molar-refractivity contribution is 8.14. The van der Waals surface area contributed by atoms with E-state index in [4.69, 9.17) is 9.47 Å². The number of fused-ring (bicyclic) bond motifs is 1. The number of rotatable bonds is 4. The molecule has 0 spiro atoms. The number of esters is 1. The molecule has 0 amide bonds. The van der Waals surface area contributed by atoms with Crippen LogP contribution < -0.4 is 5.32 Å². The molecule has 1 fully saturated rings. The number of carbonyl (C=O) groups excluding carboxylic acids is 1. The van der Waals surface area contributed by atoms with Gasteiger partial charge in [0.2, 0.25) is 0 Å². The van der Waals surface area contributed by atoms with Crippen LogP contribution in [0, 0.1) is 0 Å². The summed E-state index contributed by atoms with van der Waals surface area (Å²) in [6.45, 7) is 4.05. The molecule has 0 aromatic rings. The van der Waals surface area contributed by atoms with Crippen LogP contribution in [0.4, 0.5) is 0 Å². The Kier molecular flexibility index (Phi) is 5.25. The lowest BCUT2D eigenvalue weighted by Gasteiger charge is -2.37. The minimum absolute atomic E-state index is 0.0743. The summed E-state index contributed by atoms with van der Waals surface area (Å²) >= 11 is 1.38. The Hall–Kier alpha value is -0.830. The van der Waals surface area contributed by atoms with Crippen molar-refractivity contribution in [1.82, 2.24) is 5.32 Å². The van der Waals surface area contributed by atoms with E-state index < -0.39 is 30.3 Å². The van der Waals surface area contributed by atoms with E-state index in [2.05, 4.69) is 10.3 Å². The quantitative estimate of drug-likeness (QED) is 0.600. The molecule has 0 bridgehead atoms. The van der Waals surface area contributed by atoms with Gasteiger partial charge in [0, 0.05) is 13.5 Å². The molecule has 0 aliphatic carbocycles. The standard InChI is InChI=1S/C12H20N2O5S/c1-3-4-13-12-14-8-10(17)9(16)7(5-18-6(2)15)19-11(8)20-12/h7-11,16-17H,3-5H2,1-2H3,(H,13,14)/t7-,8-,9-,10-,11-/m1/s1. The Balaban J connectivity index is 1.96. The van der Waals surface area contributed by atoms with Crippen LogP contribution in [0.25, 0.3) is 0 Å². The van der Waals surface area contributed by atoms with Gasteiger partial charge in [0.05, 0.1) is 0 Å². The summed E-state index contributed by atoms with van der Waals surface area (Å²) in [6, 6.07) is -0.497. The van der Waals surface area contributed by atoms with Gasteiger partial charge in [-0.3, -0.25) is 9.79 Å². The average molecular weight is 304 g/mol. The first-order valence-corrected chi connectivity index (χ1v) is 7.54. The third kappa shape index (κ3) is 3.43. The lowest BCUT2D eigenvalue weighted by molar-refractivity contribution is -0.177. The van der Waals surface area contributed by atoms with Gasteiger partial charge in [-0.15, -0.1) is 0 Å². The molecule has 114 valence electrons. The molecule has 3 N–H and O–H groups in total. The average Bonchev–Trinajstić information content (AvgIpc) is 2.82. The summed E-state index contributed by atoms with van der Waals surface area (Å²) in [7, 11) is 0. The highest BCUT2D eigenvalue weighted by Crippen LogP contribution is 2.35. The van der Waals surface area contributed by atoms with Crippen LogP contribution in [0.5, 0.6) is 0 Å². The summed E-state index contributed by atoms with van der Waals surface area (Å²) in [5, 5.41) is 24.0. The zero-order valence-corrected chi connectivity index (χ0v) is 12.3. The van der Waals surface area contributed by atoms with Crippen molar-refractivity contribution >= 4 is 22.9 Å². The molecule has 8 heteroatoms. The number of carbonyl (C=O) groups is 1. The van der Waals surface area contributed by atoms with Crippen LogP contribution in [0.1, 0.15) is 20.3 Å².